The fraction of sp³-hybridized carbons (Fsp3) is 0.450. The summed E-state index contributed by atoms with van der Waals surface area (Å²) in [6.45, 7) is 13.5. The lowest BCUT2D eigenvalue weighted by atomic mass is 10.0. The highest BCUT2D eigenvalue weighted by atomic mass is 16.5. The molecule has 2 aromatic heterocycles. The number of aromatic nitrogens is 2. The van der Waals surface area contributed by atoms with Crippen LogP contribution in [0, 0.1) is 20.8 Å². The minimum absolute atomic E-state index is 0.234. The van der Waals surface area contributed by atoms with Crippen molar-refractivity contribution in [2.45, 2.75) is 41.0 Å². The van der Waals surface area contributed by atoms with Gasteiger partial charge in [-0.25, -0.2) is 5.43 Å². The van der Waals surface area contributed by atoms with E-state index in [9.17, 15) is 4.79 Å². The number of carbonyl (C=O) groups is 1. The van der Waals surface area contributed by atoms with Crippen molar-refractivity contribution in [2.75, 3.05) is 19.6 Å². The standard InChI is InChI=1S/C20H27N5O2/c1-6-25(7-2)9-8-15-13(4)17(21-14(15)5)11-16-19(22-23-20(16)26)18-10-12(3)27-24-18/h10-11,21H,6-9H2,1-5H3,(H,23,26). The van der Waals surface area contributed by atoms with Crippen molar-refractivity contribution in [3.05, 3.63) is 45.6 Å². The second kappa shape index (κ2) is 7.92. The van der Waals surface area contributed by atoms with Crippen LogP contribution in [0.2, 0.25) is 0 Å². The van der Waals surface area contributed by atoms with Gasteiger partial charge in [-0.1, -0.05) is 19.0 Å². The molecule has 0 saturated heterocycles. The molecule has 1 aliphatic heterocycles. The van der Waals surface area contributed by atoms with Gasteiger partial charge in [0.25, 0.3) is 5.91 Å². The number of aryl methyl sites for hydroxylation is 2. The molecule has 0 atom stereocenters. The predicted octanol–water partition coefficient (Wildman–Crippen LogP) is 2.73. The maximum Gasteiger partial charge on any atom is 0.273 e. The van der Waals surface area contributed by atoms with E-state index in [1.54, 1.807) is 6.07 Å². The van der Waals surface area contributed by atoms with E-state index in [-0.39, 0.29) is 5.91 Å². The van der Waals surface area contributed by atoms with Gasteiger partial charge in [-0.15, -0.1) is 0 Å². The minimum atomic E-state index is -0.234. The fourth-order valence-corrected chi connectivity index (χ4v) is 3.43. The Morgan fingerprint density at radius 2 is 1.96 bits per heavy atom. The van der Waals surface area contributed by atoms with Gasteiger partial charge in [-0.05, 0) is 57.5 Å². The predicted molar refractivity (Wildman–Crippen MR) is 106 cm³/mol. The van der Waals surface area contributed by atoms with E-state index in [1.165, 1.54) is 11.1 Å². The van der Waals surface area contributed by atoms with Gasteiger partial charge in [-0.3, -0.25) is 4.79 Å². The summed E-state index contributed by atoms with van der Waals surface area (Å²) in [5.41, 5.74) is 8.62. The second-order valence-corrected chi connectivity index (χ2v) is 6.83. The van der Waals surface area contributed by atoms with Crippen LogP contribution in [0.1, 0.15) is 47.8 Å². The molecule has 2 N–H and O–H groups in total. The van der Waals surface area contributed by atoms with Gasteiger partial charge in [0.1, 0.15) is 17.2 Å². The molecule has 0 unspecified atom stereocenters. The molecule has 27 heavy (non-hydrogen) atoms. The van der Waals surface area contributed by atoms with E-state index >= 15 is 0 Å². The molecule has 0 aromatic carbocycles. The third-order valence-electron chi connectivity index (χ3n) is 5.13. The van der Waals surface area contributed by atoms with Gasteiger partial charge < -0.3 is 14.4 Å². The molecular formula is C20H27N5O2. The zero-order valence-electron chi connectivity index (χ0n) is 16.6. The number of aromatic amines is 1. The molecule has 1 amide bonds. The first-order valence-electron chi connectivity index (χ1n) is 9.38. The SMILES string of the molecule is CCN(CC)CCc1c(C)[nH]c(C=C2C(=O)NN=C2c2cc(C)on2)c1C. The van der Waals surface area contributed by atoms with Gasteiger partial charge in [0, 0.05) is 24.0 Å². The summed E-state index contributed by atoms with van der Waals surface area (Å²) in [5.74, 6) is 0.444. The van der Waals surface area contributed by atoms with Gasteiger partial charge >= 0.3 is 0 Å². The lowest BCUT2D eigenvalue weighted by Gasteiger charge is -2.17. The van der Waals surface area contributed by atoms with Gasteiger partial charge in [0.2, 0.25) is 0 Å². The molecule has 3 rings (SSSR count). The Hall–Kier alpha value is -2.67. The summed E-state index contributed by atoms with van der Waals surface area (Å²) in [6.07, 6.45) is 2.84. The summed E-state index contributed by atoms with van der Waals surface area (Å²) in [4.78, 5) is 18.1. The molecule has 7 heteroatoms. The summed E-state index contributed by atoms with van der Waals surface area (Å²) in [6, 6.07) is 1.77. The number of nitrogens with zero attached hydrogens (tertiary/aromatic N) is 3. The molecule has 144 valence electrons. The van der Waals surface area contributed by atoms with Gasteiger partial charge in [0.05, 0.1) is 5.57 Å². The number of nitrogens with one attached hydrogen (secondary N) is 2. The zero-order valence-corrected chi connectivity index (χ0v) is 16.6. The van der Waals surface area contributed by atoms with Crippen molar-refractivity contribution in [2.24, 2.45) is 5.10 Å². The number of hydrazone groups is 1. The lowest BCUT2D eigenvalue weighted by molar-refractivity contribution is -0.116. The number of rotatable bonds is 7. The Balaban J connectivity index is 1.89. The van der Waals surface area contributed by atoms with Crippen LogP contribution in [0.5, 0.6) is 0 Å². The molecule has 3 heterocycles. The Kier molecular flexibility index (Phi) is 5.60. The average molecular weight is 369 g/mol. The number of H-pyrrole nitrogens is 1. The Morgan fingerprint density at radius 3 is 2.59 bits per heavy atom. The van der Waals surface area contributed by atoms with Crippen LogP contribution in [0.25, 0.3) is 6.08 Å². The van der Waals surface area contributed by atoms with E-state index in [4.69, 9.17) is 4.52 Å². The Bertz CT molecular complexity index is 900. The van der Waals surface area contributed by atoms with E-state index < -0.39 is 0 Å². The van der Waals surface area contributed by atoms with Crippen LogP contribution in [0.4, 0.5) is 0 Å². The molecule has 0 spiro atoms. The molecule has 0 radical (unpaired) electrons. The van der Waals surface area contributed by atoms with E-state index in [0.29, 0.717) is 22.7 Å². The number of amides is 1. The topological polar surface area (TPSA) is 86.5 Å². The minimum Gasteiger partial charge on any atom is -0.361 e. The summed E-state index contributed by atoms with van der Waals surface area (Å²) in [7, 11) is 0. The summed E-state index contributed by atoms with van der Waals surface area (Å²) in [5, 5.41) is 8.11. The normalized spacial score (nSPS) is 15.7. The van der Waals surface area contributed by atoms with Crippen LogP contribution in [0.3, 0.4) is 0 Å². The monoisotopic (exact) mass is 369 g/mol. The number of hydrogen-bond acceptors (Lipinski definition) is 5. The second-order valence-electron chi connectivity index (χ2n) is 6.83. The Labute approximate surface area is 159 Å². The molecular weight excluding hydrogens is 342 g/mol. The van der Waals surface area contributed by atoms with Crippen LogP contribution < -0.4 is 5.43 Å². The first-order chi connectivity index (χ1) is 12.9. The molecule has 1 aliphatic rings. The zero-order chi connectivity index (χ0) is 19.6. The third-order valence-corrected chi connectivity index (χ3v) is 5.13. The number of likely N-dealkylation sites (N-methyl/N-ethyl adjacent to an activating group) is 1. The van der Waals surface area contributed by atoms with Crippen molar-refractivity contribution in [3.63, 3.8) is 0 Å². The van der Waals surface area contributed by atoms with Crippen molar-refractivity contribution in [1.29, 1.82) is 0 Å². The first-order valence-corrected chi connectivity index (χ1v) is 9.38. The molecule has 0 aliphatic carbocycles. The van der Waals surface area contributed by atoms with Crippen molar-refractivity contribution in [3.8, 4) is 0 Å². The molecule has 0 bridgehead atoms. The Morgan fingerprint density at radius 1 is 1.22 bits per heavy atom. The summed E-state index contributed by atoms with van der Waals surface area (Å²) >= 11 is 0. The number of hydrogen-bond donors (Lipinski definition) is 2. The van der Waals surface area contributed by atoms with Crippen LogP contribution in [0.15, 0.2) is 21.3 Å². The molecule has 2 aromatic rings. The maximum absolute atomic E-state index is 12.3. The quantitative estimate of drug-likeness (QED) is 0.735. The first kappa shape index (κ1) is 19.1. The van der Waals surface area contributed by atoms with E-state index in [0.717, 1.165) is 37.4 Å². The molecule has 0 fully saturated rings. The van der Waals surface area contributed by atoms with Crippen LogP contribution in [-0.4, -0.2) is 46.3 Å². The van der Waals surface area contributed by atoms with Crippen molar-refractivity contribution < 1.29 is 9.32 Å². The molecule has 7 nitrogen and oxygen atoms in total. The fourth-order valence-electron chi connectivity index (χ4n) is 3.43. The maximum atomic E-state index is 12.3. The third kappa shape index (κ3) is 3.88. The van der Waals surface area contributed by atoms with Crippen molar-refractivity contribution in [1.82, 2.24) is 20.5 Å². The van der Waals surface area contributed by atoms with Crippen LogP contribution in [-0.2, 0) is 11.2 Å². The lowest BCUT2D eigenvalue weighted by Crippen LogP contribution is -2.25. The molecule has 0 saturated carbocycles. The van der Waals surface area contributed by atoms with E-state index in [1.807, 2.05) is 13.0 Å². The highest BCUT2D eigenvalue weighted by molar-refractivity contribution is 6.32. The van der Waals surface area contributed by atoms with Gasteiger partial charge in [-0.2, -0.15) is 5.10 Å². The van der Waals surface area contributed by atoms with Gasteiger partial charge in [0.15, 0.2) is 0 Å². The average Bonchev–Trinajstić information content (AvgIpc) is 3.30. The summed E-state index contributed by atoms with van der Waals surface area (Å²) < 4.78 is 5.12. The number of carbonyl (C=O) groups excluding carboxylic acids is 1. The highest BCUT2D eigenvalue weighted by Gasteiger charge is 2.27. The van der Waals surface area contributed by atoms with Crippen molar-refractivity contribution >= 4 is 17.7 Å². The van der Waals surface area contributed by atoms with Crippen LogP contribution >= 0.6 is 0 Å². The highest BCUT2D eigenvalue weighted by Crippen LogP contribution is 2.23. The smallest absolute Gasteiger partial charge is 0.273 e. The largest absolute Gasteiger partial charge is 0.361 e. The van der Waals surface area contributed by atoms with E-state index in [2.05, 4.69) is 53.3 Å².